The summed E-state index contributed by atoms with van der Waals surface area (Å²) in [6.45, 7) is 0.720. The van der Waals surface area contributed by atoms with Crippen molar-refractivity contribution in [3.8, 4) is 11.4 Å². The third-order valence-electron chi connectivity index (χ3n) is 6.18. The number of aromatic nitrogens is 5. The maximum absolute atomic E-state index is 12.9. The predicted octanol–water partition coefficient (Wildman–Crippen LogP) is 3.77. The Hall–Kier alpha value is -4.27. The van der Waals surface area contributed by atoms with E-state index in [0.717, 1.165) is 48.4 Å². The van der Waals surface area contributed by atoms with Gasteiger partial charge in [-0.2, -0.15) is 0 Å². The summed E-state index contributed by atoms with van der Waals surface area (Å²) in [6, 6.07) is 14.9. The number of benzene rings is 2. The molecule has 0 radical (unpaired) electrons. The lowest BCUT2D eigenvalue weighted by atomic mass is 10.2. The van der Waals surface area contributed by atoms with E-state index in [-0.39, 0.29) is 18.0 Å². The van der Waals surface area contributed by atoms with Gasteiger partial charge in [-0.05, 0) is 37.1 Å². The summed E-state index contributed by atoms with van der Waals surface area (Å²) in [4.78, 5) is 30.0. The molecule has 1 aliphatic rings. The van der Waals surface area contributed by atoms with Gasteiger partial charge in [-0.25, -0.2) is 4.98 Å². The number of hydrogen-bond donors (Lipinski definition) is 1. The van der Waals surface area contributed by atoms with Gasteiger partial charge in [0.15, 0.2) is 5.82 Å². The van der Waals surface area contributed by atoms with Crippen LogP contribution < -0.4 is 10.9 Å². The van der Waals surface area contributed by atoms with Crippen LogP contribution in [0.5, 0.6) is 0 Å². The van der Waals surface area contributed by atoms with Crippen LogP contribution in [0.3, 0.4) is 0 Å². The fourth-order valence-electron chi connectivity index (χ4n) is 4.52. The topological polar surface area (TPSA) is 108 Å². The minimum absolute atomic E-state index is 0.144. The second-order valence-electron chi connectivity index (χ2n) is 8.48. The van der Waals surface area contributed by atoms with Gasteiger partial charge in [0.25, 0.3) is 5.56 Å². The Balaban J connectivity index is 1.24. The Kier molecular flexibility index (Phi) is 4.94. The number of nitrogens with one attached hydrogen (secondary N) is 1. The quantitative estimate of drug-likeness (QED) is 0.443. The third kappa shape index (κ3) is 3.55. The summed E-state index contributed by atoms with van der Waals surface area (Å²) in [5.74, 6) is 1.48. The number of fused-ring (bicyclic) bond motifs is 4. The molecule has 0 bridgehead atoms. The summed E-state index contributed by atoms with van der Waals surface area (Å²) in [7, 11) is 0. The first-order chi connectivity index (χ1) is 16.7. The highest BCUT2D eigenvalue weighted by molar-refractivity contribution is 6.01. The number of hydrogen-bond acceptors (Lipinski definition) is 6. The van der Waals surface area contributed by atoms with Crippen molar-refractivity contribution in [2.24, 2.45) is 0 Å². The molecule has 0 atom stereocenters. The fourth-order valence-corrected chi connectivity index (χ4v) is 4.52. The molecule has 0 saturated heterocycles. The lowest BCUT2D eigenvalue weighted by Gasteiger charge is -2.10. The number of aryl methyl sites for hydroxylation is 1. The van der Waals surface area contributed by atoms with E-state index in [1.165, 1.54) is 17.3 Å². The van der Waals surface area contributed by atoms with Crippen LogP contribution in [0, 0.1) is 0 Å². The molecule has 9 heteroatoms. The number of carbonyl (C=O) groups is 1. The van der Waals surface area contributed by atoms with Crippen LogP contribution in [0.1, 0.15) is 25.1 Å². The second-order valence-corrected chi connectivity index (χ2v) is 8.48. The Morgan fingerprint density at radius 3 is 2.91 bits per heavy atom. The average Bonchev–Trinajstić information content (AvgIpc) is 3.35. The van der Waals surface area contributed by atoms with E-state index in [4.69, 9.17) is 4.42 Å². The smallest absolute Gasteiger partial charge is 0.297 e. The lowest BCUT2D eigenvalue weighted by molar-refractivity contribution is -0.116. The molecule has 34 heavy (non-hydrogen) atoms. The van der Waals surface area contributed by atoms with Gasteiger partial charge in [0.2, 0.25) is 11.5 Å². The summed E-state index contributed by atoms with van der Waals surface area (Å²) in [5, 5.41) is 12.4. The zero-order valence-corrected chi connectivity index (χ0v) is 18.4. The van der Waals surface area contributed by atoms with Crippen molar-refractivity contribution in [3.63, 3.8) is 0 Å². The molecule has 1 amide bonds. The van der Waals surface area contributed by atoms with Crippen molar-refractivity contribution >= 4 is 33.7 Å². The molecule has 3 aromatic heterocycles. The zero-order chi connectivity index (χ0) is 23.1. The van der Waals surface area contributed by atoms with Crippen molar-refractivity contribution in [3.05, 3.63) is 71.0 Å². The number of amides is 1. The molecule has 0 aliphatic carbocycles. The molecule has 1 aliphatic heterocycles. The van der Waals surface area contributed by atoms with E-state index in [1.54, 1.807) is 6.07 Å². The Bertz CT molecular complexity index is 1600. The van der Waals surface area contributed by atoms with E-state index in [0.29, 0.717) is 16.8 Å². The highest BCUT2D eigenvalue weighted by Crippen LogP contribution is 2.26. The largest absolute Gasteiger partial charge is 0.448 e. The SMILES string of the molecule is O=C(Cn1cnc2c(oc3ccccc32)c1=O)Nc1cccc(-c2nnc3n2CCCCC3)c1. The molecule has 5 aromatic rings. The van der Waals surface area contributed by atoms with Crippen LogP contribution in [0.15, 0.2) is 64.1 Å². The number of furan rings is 1. The van der Waals surface area contributed by atoms with Gasteiger partial charge < -0.3 is 14.3 Å². The van der Waals surface area contributed by atoms with Crippen molar-refractivity contribution < 1.29 is 9.21 Å². The number of anilines is 1. The molecular formula is C25H22N6O3. The third-order valence-corrected chi connectivity index (χ3v) is 6.18. The molecule has 0 fully saturated rings. The van der Waals surface area contributed by atoms with Crippen LogP contribution in [0.25, 0.3) is 33.5 Å². The Morgan fingerprint density at radius 2 is 1.97 bits per heavy atom. The number of para-hydroxylation sites is 1. The van der Waals surface area contributed by atoms with Crippen LogP contribution in [-0.4, -0.2) is 30.2 Å². The van der Waals surface area contributed by atoms with Crippen LogP contribution in [0.4, 0.5) is 5.69 Å². The van der Waals surface area contributed by atoms with Gasteiger partial charge in [0, 0.05) is 29.6 Å². The molecule has 0 saturated carbocycles. The lowest BCUT2D eigenvalue weighted by Crippen LogP contribution is -2.27. The minimum atomic E-state index is -0.392. The second kappa shape index (κ2) is 8.26. The van der Waals surface area contributed by atoms with Gasteiger partial charge in [-0.1, -0.05) is 30.7 Å². The number of carbonyl (C=O) groups excluding carboxylic acids is 1. The first kappa shape index (κ1) is 20.3. The molecular weight excluding hydrogens is 432 g/mol. The minimum Gasteiger partial charge on any atom is -0.448 e. The van der Waals surface area contributed by atoms with Crippen molar-refractivity contribution in [2.45, 2.75) is 38.8 Å². The van der Waals surface area contributed by atoms with Crippen LogP contribution >= 0.6 is 0 Å². The maximum atomic E-state index is 12.9. The first-order valence-corrected chi connectivity index (χ1v) is 11.4. The summed E-state index contributed by atoms with van der Waals surface area (Å²) in [5.41, 5.74) is 2.35. The van der Waals surface area contributed by atoms with Crippen molar-refractivity contribution in [2.75, 3.05) is 5.32 Å². The normalized spacial score (nSPS) is 13.6. The molecule has 0 spiro atoms. The molecule has 9 nitrogen and oxygen atoms in total. The molecule has 4 heterocycles. The first-order valence-electron chi connectivity index (χ1n) is 11.4. The molecule has 170 valence electrons. The van der Waals surface area contributed by atoms with Crippen molar-refractivity contribution in [1.82, 2.24) is 24.3 Å². The summed E-state index contributed by atoms with van der Waals surface area (Å²) in [6.07, 6.45) is 5.73. The van der Waals surface area contributed by atoms with E-state index in [2.05, 4.69) is 25.1 Å². The Morgan fingerprint density at radius 1 is 1.06 bits per heavy atom. The highest BCUT2D eigenvalue weighted by atomic mass is 16.3. The van der Waals surface area contributed by atoms with Gasteiger partial charge >= 0.3 is 0 Å². The molecule has 6 rings (SSSR count). The van der Waals surface area contributed by atoms with E-state index < -0.39 is 5.56 Å². The fraction of sp³-hybridized carbons (Fsp3) is 0.240. The van der Waals surface area contributed by atoms with Gasteiger partial charge in [-0.15, -0.1) is 10.2 Å². The van der Waals surface area contributed by atoms with Crippen LogP contribution in [0.2, 0.25) is 0 Å². The number of nitrogens with zero attached hydrogens (tertiary/aromatic N) is 5. The molecule has 0 unspecified atom stereocenters. The van der Waals surface area contributed by atoms with E-state index in [1.807, 2.05) is 42.5 Å². The van der Waals surface area contributed by atoms with Crippen molar-refractivity contribution in [1.29, 1.82) is 0 Å². The van der Waals surface area contributed by atoms with E-state index >= 15 is 0 Å². The zero-order valence-electron chi connectivity index (χ0n) is 18.4. The van der Waals surface area contributed by atoms with Crippen LogP contribution in [-0.2, 0) is 24.3 Å². The van der Waals surface area contributed by atoms with Gasteiger partial charge in [-0.3, -0.25) is 14.2 Å². The standard InChI is InChI=1S/C25H22N6O3/c32-21(14-30-15-26-22-18-9-3-4-10-19(18)34-23(22)25(30)33)27-17-8-6-7-16(13-17)24-29-28-20-11-2-1-5-12-31(20)24/h3-4,6-10,13,15H,1-2,5,11-12,14H2,(H,27,32). The Labute approximate surface area is 194 Å². The van der Waals surface area contributed by atoms with E-state index in [9.17, 15) is 9.59 Å². The number of rotatable bonds is 4. The summed E-state index contributed by atoms with van der Waals surface area (Å²) < 4.78 is 9.11. The average molecular weight is 454 g/mol. The maximum Gasteiger partial charge on any atom is 0.297 e. The molecule has 2 aromatic carbocycles. The van der Waals surface area contributed by atoms with Gasteiger partial charge in [0.1, 0.15) is 23.5 Å². The highest BCUT2D eigenvalue weighted by Gasteiger charge is 2.17. The molecule has 1 N–H and O–H groups in total. The monoisotopic (exact) mass is 454 g/mol. The summed E-state index contributed by atoms with van der Waals surface area (Å²) >= 11 is 0. The predicted molar refractivity (Wildman–Crippen MR) is 127 cm³/mol. The van der Waals surface area contributed by atoms with Gasteiger partial charge in [0.05, 0.1) is 6.33 Å².